The minimum absolute atomic E-state index is 0.233. The van der Waals surface area contributed by atoms with Crippen molar-refractivity contribution in [2.45, 2.75) is 20.4 Å². The van der Waals surface area contributed by atoms with Crippen LogP contribution in [0.4, 0.5) is 0 Å². The number of nitrogens with zero attached hydrogens (tertiary/aromatic N) is 3. The number of rotatable bonds is 6. The van der Waals surface area contributed by atoms with E-state index in [0.717, 1.165) is 5.56 Å². The highest BCUT2D eigenvalue weighted by molar-refractivity contribution is 6.02. The molecule has 0 atom stereocenters. The summed E-state index contributed by atoms with van der Waals surface area (Å²) in [5.41, 5.74) is 1.92. The Balaban J connectivity index is 1.90. The SMILES string of the molecule is CC(C)CNC(=O)c1nc(C(=O)N(C)Cc2ccccc2)n2ccccc12. The fraction of sp³-hybridized carbons (Fsp3) is 0.286. The molecule has 1 N–H and O–H groups in total. The van der Waals surface area contributed by atoms with Gasteiger partial charge in [-0.1, -0.05) is 50.2 Å². The Morgan fingerprint density at radius 3 is 2.52 bits per heavy atom. The molecular formula is C21H24N4O2. The molecule has 6 nitrogen and oxygen atoms in total. The second-order valence-corrected chi connectivity index (χ2v) is 6.99. The second kappa shape index (κ2) is 8.03. The summed E-state index contributed by atoms with van der Waals surface area (Å²) in [5.74, 6) is 0.0693. The Labute approximate surface area is 158 Å². The van der Waals surface area contributed by atoms with Crippen LogP contribution in [0.15, 0.2) is 54.7 Å². The maximum atomic E-state index is 13.0. The molecule has 27 heavy (non-hydrogen) atoms. The predicted octanol–water partition coefficient (Wildman–Crippen LogP) is 2.99. The molecule has 1 aromatic carbocycles. The first-order chi connectivity index (χ1) is 13.0. The number of aromatic nitrogens is 2. The molecule has 2 aromatic heterocycles. The molecule has 0 saturated heterocycles. The zero-order valence-electron chi connectivity index (χ0n) is 15.8. The minimum atomic E-state index is -0.267. The number of amides is 2. The van der Waals surface area contributed by atoms with Gasteiger partial charge in [-0.15, -0.1) is 0 Å². The number of pyridine rings is 1. The lowest BCUT2D eigenvalue weighted by molar-refractivity contribution is 0.0772. The Hall–Kier alpha value is -3.15. The highest BCUT2D eigenvalue weighted by Gasteiger charge is 2.23. The van der Waals surface area contributed by atoms with Crippen LogP contribution in [0.2, 0.25) is 0 Å². The third-order valence-electron chi connectivity index (χ3n) is 4.23. The van der Waals surface area contributed by atoms with E-state index in [1.165, 1.54) is 0 Å². The van der Waals surface area contributed by atoms with Gasteiger partial charge in [-0.05, 0) is 23.6 Å². The van der Waals surface area contributed by atoms with E-state index in [1.807, 2.05) is 56.3 Å². The molecule has 2 amide bonds. The third-order valence-corrected chi connectivity index (χ3v) is 4.23. The van der Waals surface area contributed by atoms with Gasteiger partial charge in [0.25, 0.3) is 11.8 Å². The fourth-order valence-electron chi connectivity index (χ4n) is 2.84. The molecule has 6 heteroatoms. The molecule has 0 bridgehead atoms. The maximum Gasteiger partial charge on any atom is 0.290 e. The molecular weight excluding hydrogens is 340 g/mol. The molecule has 0 saturated carbocycles. The summed E-state index contributed by atoms with van der Waals surface area (Å²) < 4.78 is 1.67. The molecule has 3 rings (SSSR count). The van der Waals surface area contributed by atoms with E-state index in [2.05, 4.69) is 10.3 Å². The van der Waals surface area contributed by atoms with Gasteiger partial charge in [0.05, 0.1) is 5.52 Å². The number of fused-ring (bicyclic) bond motifs is 1. The average Bonchev–Trinajstić information content (AvgIpc) is 3.06. The van der Waals surface area contributed by atoms with Crippen LogP contribution < -0.4 is 5.32 Å². The molecule has 2 heterocycles. The summed E-state index contributed by atoms with van der Waals surface area (Å²) >= 11 is 0. The molecule has 0 aliphatic heterocycles. The normalized spacial score (nSPS) is 11.0. The third kappa shape index (κ3) is 4.16. The van der Waals surface area contributed by atoms with E-state index >= 15 is 0 Å². The summed E-state index contributed by atoms with van der Waals surface area (Å²) in [4.78, 5) is 31.5. The van der Waals surface area contributed by atoms with E-state index in [0.29, 0.717) is 24.5 Å². The number of hydrogen-bond donors (Lipinski definition) is 1. The summed E-state index contributed by atoms with van der Waals surface area (Å²) in [5, 5.41) is 2.87. The van der Waals surface area contributed by atoms with E-state index in [-0.39, 0.29) is 23.3 Å². The van der Waals surface area contributed by atoms with Crippen LogP contribution in [0, 0.1) is 5.92 Å². The van der Waals surface area contributed by atoms with Gasteiger partial charge in [0.1, 0.15) is 0 Å². The van der Waals surface area contributed by atoms with Crippen LogP contribution in [0.25, 0.3) is 5.52 Å². The van der Waals surface area contributed by atoms with Crippen molar-refractivity contribution in [3.63, 3.8) is 0 Å². The van der Waals surface area contributed by atoms with E-state index in [9.17, 15) is 9.59 Å². The van der Waals surface area contributed by atoms with E-state index in [1.54, 1.807) is 28.6 Å². The number of carbonyl (C=O) groups is 2. The lowest BCUT2D eigenvalue weighted by Crippen LogP contribution is -2.29. The Kier molecular flexibility index (Phi) is 5.54. The van der Waals surface area contributed by atoms with Crippen molar-refractivity contribution < 1.29 is 9.59 Å². The lowest BCUT2D eigenvalue weighted by atomic mass is 10.2. The summed E-state index contributed by atoms with van der Waals surface area (Å²) in [6.45, 7) is 5.08. The standard InChI is InChI=1S/C21H24N4O2/c1-15(2)13-22-20(26)18-17-11-7-8-12-25(17)19(23-18)21(27)24(3)14-16-9-5-4-6-10-16/h4-12,15H,13-14H2,1-3H3,(H,22,26). The summed E-state index contributed by atoms with van der Waals surface area (Å²) in [7, 11) is 1.73. The average molecular weight is 364 g/mol. The van der Waals surface area contributed by atoms with Crippen LogP contribution in [0.5, 0.6) is 0 Å². The molecule has 140 valence electrons. The van der Waals surface area contributed by atoms with Gasteiger partial charge in [0, 0.05) is 26.3 Å². The maximum absolute atomic E-state index is 13.0. The molecule has 0 unspecified atom stereocenters. The van der Waals surface area contributed by atoms with Crippen molar-refractivity contribution in [2.75, 3.05) is 13.6 Å². The summed E-state index contributed by atoms with van der Waals surface area (Å²) in [6, 6.07) is 15.2. The van der Waals surface area contributed by atoms with Crippen LogP contribution in [0.3, 0.4) is 0 Å². The van der Waals surface area contributed by atoms with Gasteiger partial charge >= 0.3 is 0 Å². The van der Waals surface area contributed by atoms with Crippen LogP contribution in [-0.2, 0) is 6.54 Å². The second-order valence-electron chi connectivity index (χ2n) is 6.99. The number of carbonyl (C=O) groups excluding carboxylic acids is 2. The molecule has 0 spiro atoms. The molecule has 0 aliphatic carbocycles. The van der Waals surface area contributed by atoms with Crippen molar-refractivity contribution >= 4 is 17.3 Å². The van der Waals surface area contributed by atoms with E-state index in [4.69, 9.17) is 0 Å². The van der Waals surface area contributed by atoms with Gasteiger partial charge < -0.3 is 10.2 Å². The topological polar surface area (TPSA) is 66.7 Å². The number of hydrogen-bond acceptors (Lipinski definition) is 3. The molecule has 3 aromatic rings. The van der Waals surface area contributed by atoms with Gasteiger partial charge in [0.2, 0.25) is 5.82 Å². The smallest absolute Gasteiger partial charge is 0.290 e. The Bertz CT molecular complexity index is 947. The van der Waals surface area contributed by atoms with E-state index < -0.39 is 0 Å². The Morgan fingerprint density at radius 2 is 1.81 bits per heavy atom. The van der Waals surface area contributed by atoms with Gasteiger partial charge in [-0.2, -0.15) is 0 Å². The largest absolute Gasteiger partial charge is 0.350 e. The molecule has 0 radical (unpaired) electrons. The predicted molar refractivity (Wildman–Crippen MR) is 105 cm³/mol. The van der Waals surface area contributed by atoms with Gasteiger partial charge in [0.15, 0.2) is 5.69 Å². The zero-order chi connectivity index (χ0) is 19.4. The van der Waals surface area contributed by atoms with Crippen molar-refractivity contribution in [1.82, 2.24) is 19.6 Å². The number of nitrogens with one attached hydrogen (secondary N) is 1. The number of imidazole rings is 1. The Morgan fingerprint density at radius 1 is 1.11 bits per heavy atom. The van der Waals surface area contributed by atoms with Crippen molar-refractivity contribution in [3.8, 4) is 0 Å². The van der Waals surface area contributed by atoms with Crippen LogP contribution in [0.1, 0.15) is 40.5 Å². The first-order valence-electron chi connectivity index (χ1n) is 9.02. The van der Waals surface area contributed by atoms with Crippen molar-refractivity contribution in [3.05, 3.63) is 71.8 Å². The van der Waals surface area contributed by atoms with Gasteiger partial charge in [-0.3, -0.25) is 14.0 Å². The minimum Gasteiger partial charge on any atom is -0.350 e. The fourth-order valence-corrected chi connectivity index (χ4v) is 2.84. The van der Waals surface area contributed by atoms with Crippen molar-refractivity contribution in [1.29, 1.82) is 0 Å². The quantitative estimate of drug-likeness (QED) is 0.731. The first-order valence-corrected chi connectivity index (χ1v) is 9.02. The lowest BCUT2D eigenvalue weighted by Gasteiger charge is -2.16. The zero-order valence-corrected chi connectivity index (χ0v) is 15.8. The molecule has 0 fully saturated rings. The van der Waals surface area contributed by atoms with Crippen LogP contribution >= 0.6 is 0 Å². The van der Waals surface area contributed by atoms with Crippen molar-refractivity contribution in [2.24, 2.45) is 5.92 Å². The van der Waals surface area contributed by atoms with Crippen LogP contribution in [-0.4, -0.2) is 39.7 Å². The monoisotopic (exact) mass is 364 g/mol. The summed E-state index contributed by atoms with van der Waals surface area (Å²) in [6.07, 6.45) is 1.76. The first kappa shape index (κ1) is 18.6. The van der Waals surface area contributed by atoms with Gasteiger partial charge in [-0.25, -0.2) is 4.98 Å². The highest BCUT2D eigenvalue weighted by Crippen LogP contribution is 2.16. The highest BCUT2D eigenvalue weighted by atomic mass is 16.2. The number of benzene rings is 1. The molecule has 0 aliphatic rings.